The van der Waals surface area contributed by atoms with Gasteiger partial charge in [-0.3, -0.25) is 19.5 Å². The molecule has 300 valence electrons. The third kappa shape index (κ3) is 9.37. The molecule has 0 spiro atoms. The Kier molecular flexibility index (Phi) is 13.1. The van der Waals surface area contributed by atoms with Gasteiger partial charge in [-0.1, -0.05) is 64.1 Å². The van der Waals surface area contributed by atoms with Gasteiger partial charge in [-0.2, -0.15) is 0 Å². The molecular formula is C44H53N7O6. The SMILES string of the molecule is CCN(CC)[C@@H](C(=O)N[C@@H](C)/C(C)=N/C=C/c1ccc2c(c1)Oc1ccc(-c3cnc([C@@H]4CCCN4C(=O)[C@@H](NC(=O)OC)C(C)C)[nH]3)cc1O2)c1ccccc1. The summed E-state index contributed by atoms with van der Waals surface area (Å²) < 4.78 is 17.3. The van der Waals surface area contributed by atoms with Crippen molar-refractivity contribution in [3.05, 3.63) is 96.1 Å². The Morgan fingerprint density at radius 2 is 1.68 bits per heavy atom. The Bertz CT molecular complexity index is 2110. The van der Waals surface area contributed by atoms with Gasteiger partial charge in [-0.15, -0.1) is 0 Å². The van der Waals surface area contributed by atoms with Gasteiger partial charge in [0.25, 0.3) is 0 Å². The average molecular weight is 776 g/mol. The second kappa shape index (κ2) is 18.3. The standard InChI is InChI=1S/C44H53N7O6/c1-8-50(9-2)40(31-14-11-10-12-15-31)42(52)47-29(6)28(5)45-22-21-30-17-19-35-37(24-30)56-36-20-18-32(25-38(36)57-35)33-26-46-41(48-33)34-16-13-23-51(34)43(53)39(27(3)4)49-44(54)55-7/h10-12,14-15,17-22,24-27,29,34,39-40H,8-9,13,16,23H2,1-7H3,(H,46,48)(H,47,52)(H,49,54)/b22-21+,45-28+/t29-,34-,39-,40+/m0/s1. The first-order valence-electron chi connectivity index (χ1n) is 19.6. The second-order valence-corrected chi connectivity index (χ2v) is 14.7. The number of rotatable bonds is 14. The van der Waals surface area contributed by atoms with Crippen LogP contribution in [0.25, 0.3) is 17.3 Å². The van der Waals surface area contributed by atoms with Crippen LogP contribution in [0.5, 0.6) is 23.0 Å². The van der Waals surface area contributed by atoms with Crippen molar-refractivity contribution >= 4 is 29.7 Å². The van der Waals surface area contributed by atoms with Crippen molar-refractivity contribution in [2.24, 2.45) is 10.9 Å². The molecule has 2 aliphatic heterocycles. The van der Waals surface area contributed by atoms with Crippen LogP contribution < -0.4 is 20.1 Å². The van der Waals surface area contributed by atoms with Crippen LogP contribution in [0.3, 0.4) is 0 Å². The van der Waals surface area contributed by atoms with E-state index < -0.39 is 12.1 Å². The summed E-state index contributed by atoms with van der Waals surface area (Å²) in [5.74, 6) is 2.66. The summed E-state index contributed by atoms with van der Waals surface area (Å²) in [4.78, 5) is 55.7. The van der Waals surface area contributed by atoms with E-state index in [-0.39, 0.29) is 35.9 Å². The number of aromatic amines is 1. The van der Waals surface area contributed by atoms with E-state index in [0.717, 1.165) is 54.0 Å². The quantitative estimate of drug-likeness (QED) is 0.0960. The molecule has 57 heavy (non-hydrogen) atoms. The molecule has 1 fully saturated rings. The number of ether oxygens (including phenoxy) is 3. The van der Waals surface area contributed by atoms with E-state index in [9.17, 15) is 14.4 Å². The number of likely N-dealkylation sites (tertiary alicyclic amines) is 1. The number of aromatic nitrogens is 2. The van der Waals surface area contributed by atoms with Gasteiger partial charge in [0.1, 0.15) is 17.9 Å². The molecular weight excluding hydrogens is 723 g/mol. The first kappa shape index (κ1) is 40.7. The maximum Gasteiger partial charge on any atom is 0.407 e. The number of carbonyl (C=O) groups is 3. The summed E-state index contributed by atoms with van der Waals surface area (Å²) in [6, 6.07) is 19.6. The number of carbonyl (C=O) groups excluding carboxylic acids is 3. The molecule has 1 saturated heterocycles. The summed E-state index contributed by atoms with van der Waals surface area (Å²) in [7, 11) is 1.28. The number of nitrogens with one attached hydrogen (secondary N) is 3. The van der Waals surface area contributed by atoms with Crippen LogP contribution in [-0.4, -0.2) is 82.2 Å². The monoisotopic (exact) mass is 775 g/mol. The summed E-state index contributed by atoms with van der Waals surface area (Å²) >= 11 is 0. The lowest BCUT2D eigenvalue weighted by Gasteiger charge is -2.30. The van der Waals surface area contributed by atoms with Gasteiger partial charge in [0.2, 0.25) is 11.8 Å². The van der Waals surface area contributed by atoms with Crippen molar-refractivity contribution in [3.8, 4) is 34.3 Å². The van der Waals surface area contributed by atoms with Crippen LogP contribution >= 0.6 is 0 Å². The molecule has 13 nitrogen and oxygen atoms in total. The molecule has 4 aromatic rings. The lowest BCUT2D eigenvalue weighted by Crippen LogP contribution is -2.51. The Morgan fingerprint density at radius 3 is 2.37 bits per heavy atom. The normalized spacial score (nSPS) is 16.7. The van der Waals surface area contributed by atoms with Crippen LogP contribution in [0, 0.1) is 5.92 Å². The molecule has 3 amide bonds. The van der Waals surface area contributed by atoms with Crippen LogP contribution in [-0.2, 0) is 14.3 Å². The number of hydrogen-bond acceptors (Lipinski definition) is 9. The third-order valence-electron chi connectivity index (χ3n) is 10.6. The van der Waals surface area contributed by atoms with Crippen molar-refractivity contribution in [2.45, 2.75) is 78.6 Å². The van der Waals surface area contributed by atoms with Crippen molar-refractivity contribution in [2.75, 3.05) is 26.7 Å². The van der Waals surface area contributed by atoms with Crippen LogP contribution in [0.4, 0.5) is 4.79 Å². The van der Waals surface area contributed by atoms with Crippen LogP contribution in [0.1, 0.15) is 83.4 Å². The third-order valence-corrected chi connectivity index (χ3v) is 10.6. The number of benzene rings is 3. The van der Waals surface area contributed by atoms with Crippen molar-refractivity contribution in [1.29, 1.82) is 0 Å². The van der Waals surface area contributed by atoms with Crippen molar-refractivity contribution in [3.63, 3.8) is 0 Å². The first-order valence-corrected chi connectivity index (χ1v) is 19.6. The maximum absolute atomic E-state index is 13.6. The predicted octanol–water partition coefficient (Wildman–Crippen LogP) is 8.04. The highest BCUT2D eigenvalue weighted by Gasteiger charge is 2.37. The largest absolute Gasteiger partial charge is 0.453 e. The lowest BCUT2D eigenvalue weighted by molar-refractivity contribution is -0.135. The molecule has 2 aliphatic rings. The summed E-state index contributed by atoms with van der Waals surface area (Å²) in [6.45, 7) is 13.8. The van der Waals surface area contributed by atoms with E-state index in [1.54, 1.807) is 17.3 Å². The summed E-state index contributed by atoms with van der Waals surface area (Å²) in [5, 5.41) is 5.85. The number of alkyl carbamates (subject to hydrolysis) is 1. The smallest absolute Gasteiger partial charge is 0.407 e. The Morgan fingerprint density at radius 1 is 0.982 bits per heavy atom. The Balaban J connectivity index is 1.09. The predicted molar refractivity (Wildman–Crippen MR) is 220 cm³/mol. The van der Waals surface area contributed by atoms with Crippen LogP contribution in [0.15, 0.2) is 84.1 Å². The van der Waals surface area contributed by atoms with Gasteiger partial charge in [0.05, 0.1) is 31.1 Å². The molecule has 0 bridgehead atoms. The first-order chi connectivity index (χ1) is 27.5. The molecule has 4 atom stereocenters. The minimum Gasteiger partial charge on any atom is -0.453 e. The molecule has 0 radical (unpaired) electrons. The molecule has 0 saturated carbocycles. The summed E-state index contributed by atoms with van der Waals surface area (Å²) in [5.41, 5.74) is 4.25. The number of nitrogens with zero attached hydrogens (tertiary/aromatic N) is 4. The molecule has 0 aliphatic carbocycles. The van der Waals surface area contributed by atoms with Gasteiger partial charge < -0.3 is 34.7 Å². The molecule has 1 aromatic heterocycles. The fourth-order valence-electron chi connectivity index (χ4n) is 7.22. The number of fused-ring (bicyclic) bond motifs is 2. The van der Waals surface area contributed by atoms with E-state index in [2.05, 4.69) is 44.3 Å². The molecule has 3 aromatic carbocycles. The second-order valence-electron chi connectivity index (χ2n) is 14.7. The maximum atomic E-state index is 13.6. The number of aliphatic imine (C=N–C) groups is 1. The van der Waals surface area contributed by atoms with Gasteiger partial charge in [0, 0.05) is 24.0 Å². The number of hydrogen-bond donors (Lipinski definition) is 3. The Hall–Kier alpha value is -5.95. The zero-order chi connectivity index (χ0) is 40.6. The molecule has 6 rings (SSSR count). The number of likely N-dealkylation sites (N-methyl/N-ethyl adjacent to an activating group) is 1. The van der Waals surface area contributed by atoms with E-state index in [0.29, 0.717) is 35.4 Å². The summed E-state index contributed by atoms with van der Waals surface area (Å²) in [6.07, 6.45) is 6.32. The zero-order valence-corrected chi connectivity index (χ0v) is 33.7. The minimum absolute atomic E-state index is 0.0548. The fourth-order valence-corrected chi connectivity index (χ4v) is 7.22. The van der Waals surface area contributed by atoms with E-state index in [1.807, 2.05) is 101 Å². The van der Waals surface area contributed by atoms with Gasteiger partial charge in [-0.05, 0) is 93.2 Å². The van der Waals surface area contributed by atoms with E-state index in [1.165, 1.54) is 7.11 Å². The molecule has 0 unspecified atom stereocenters. The van der Waals surface area contributed by atoms with Crippen molar-refractivity contribution in [1.82, 2.24) is 30.4 Å². The zero-order valence-electron chi connectivity index (χ0n) is 33.7. The molecule has 3 heterocycles. The minimum atomic E-state index is -0.704. The van der Waals surface area contributed by atoms with E-state index in [4.69, 9.17) is 14.2 Å². The highest BCUT2D eigenvalue weighted by atomic mass is 16.6. The van der Waals surface area contributed by atoms with Gasteiger partial charge in [0.15, 0.2) is 23.0 Å². The molecule has 3 N–H and O–H groups in total. The van der Waals surface area contributed by atoms with Gasteiger partial charge in [-0.25, -0.2) is 9.78 Å². The number of amides is 3. The number of H-pyrrole nitrogens is 1. The highest BCUT2D eigenvalue weighted by Crippen LogP contribution is 2.47. The van der Waals surface area contributed by atoms with Crippen molar-refractivity contribution < 1.29 is 28.6 Å². The van der Waals surface area contributed by atoms with E-state index >= 15 is 0 Å². The van der Waals surface area contributed by atoms with Crippen LogP contribution in [0.2, 0.25) is 0 Å². The highest BCUT2D eigenvalue weighted by molar-refractivity contribution is 5.93. The fraction of sp³-hybridized carbons (Fsp3) is 0.386. The average Bonchev–Trinajstić information content (AvgIpc) is 3.91. The molecule has 13 heteroatoms. The topological polar surface area (TPSA) is 150 Å². The van der Waals surface area contributed by atoms with Gasteiger partial charge >= 0.3 is 6.09 Å². The number of methoxy groups -OCH3 is 1. The number of imidazole rings is 1. The Labute approximate surface area is 334 Å². The lowest BCUT2D eigenvalue weighted by atomic mass is 10.0.